The van der Waals surface area contributed by atoms with Crippen molar-refractivity contribution in [3.8, 4) is 5.88 Å². The third-order valence-corrected chi connectivity index (χ3v) is 4.03. The van der Waals surface area contributed by atoms with E-state index in [0.717, 1.165) is 17.4 Å². The van der Waals surface area contributed by atoms with E-state index in [0.29, 0.717) is 24.5 Å². The summed E-state index contributed by atoms with van der Waals surface area (Å²) in [6.45, 7) is 8.60. The topological polar surface area (TPSA) is 110 Å². The molecule has 2 aromatic rings. The molecular formula is C18H25N5O4. The van der Waals surface area contributed by atoms with Gasteiger partial charge in [-0.1, -0.05) is 25.9 Å². The van der Waals surface area contributed by atoms with E-state index in [1.165, 1.54) is 10.8 Å². The Bertz CT molecular complexity index is 947. The zero-order chi connectivity index (χ0) is 19.8. The molecule has 1 amide bonds. The molecule has 0 spiro atoms. The van der Waals surface area contributed by atoms with Gasteiger partial charge in [0.1, 0.15) is 17.9 Å². The molecule has 0 atom stereocenters. The first-order chi connectivity index (χ1) is 12.7. The Balaban J connectivity index is 2.17. The van der Waals surface area contributed by atoms with E-state index < -0.39 is 11.5 Å². The summed E-state index contributed by atoms with van der Waals surface area (Å²) in [5, 5.41) is 21.5. The molecule has 1 fully saturated rings. The molecule has 2 aromatic heterocycles. The van der Waals surface area contributed by atoms with E-state index in [1.807, 2.05) is 20.8 Å². The number of rotatable bonds is 6. The Labute approximate surface area is 156 Å². The highest BCUT2D eigenvalue weighted by molar-refractivity contribution is 5.96. The Hall–Kier alpha value is -2.84. The number of hydrogen-bond donors (Lipinski definition) is 2. The minimum Gasteiger partial charge on any atom is -0.494 e. The van der Waals surface area contributed by atoms with E-state index in [-0.39, 0.29) is 22.9 Å². The van der Waals surface area contributed by atoms with Gasteiger partial charge in [0, 0.05) is 18.7 Å². The van der Waals surface area contributed by atoms with Crippen LogP contribution in [0.2, 0.25) is 0 Å². The fourth-order valence-electron chi connectivity index (χ4n) is 2.72. The lowest BCUT2D eigenvalue weighted by Crippen LogP contribution is -2.35. The molecule has 9 nitrogen and oxygen atoms in total. The number of carbonyl (C=O) groups excluding carboxylic acids is 1. The highest BCUT2D eigenvalue weighted by Gasteiger charge is 2.30. The zero-order valence-electron chi connectivity index (χ0n) is 16.0. The molecule has 0 saturated heterocycles. The average Bonchev–Trinajstić information content (AvgIpc) is 3.27. The number of amides is 1. The van der Waals surface area contributed by atoms with Crippen LogP contribution in [0.3, 0.4) is 0 Å². The highest BCUT2D eigenvalue weighted by atomic mass is 16.6. The molecule has 3 rings (SSSR count). The molecule has 0 bridgehead atoms. The third-order valence-electron chi connectivity index (χ3n) is 4.03. The van der Waals surface area contributed by atoms with Crippen LogP contribution in [0.5, 0.6) is 5.88 Å². The molecule has 1 saturated carbocycles. The number of nitrogens with zero attached hydrogens (tertiary/aromatic N) is 4. The summed E-state index contributed by atoms with van der Waals surface area (Å²) in [5.74, 6) is -0.932. The van der Waals surface area contributed by atoms with Crippen LogP contribution in [0, 0.1) is 5.41 Å². The lowest BCUT2D eigenvalue weighted by molar-refractivity contribution is 0.0944. The van der Waals surface area contributed by atoms with Gasteiger partial charge in [0.05, 0.1) is 6.21 Å². The molecule has 9 heteroatoms. The van der Waals surface area contributed by atoms with E-state index in [2.05, 4.69) is 15.6 Å². The molecule has 0 aromatic carbocycles. The first-order valence-electron chi connectivity index (χ1n) is 9.03. The maximum atomic E-state index is 12.8. The fraction of sp³-hybridized carbons (Fsp3) is 0.556. The fourth-order valence-corrected chi connectivity index (χ4v) is 2.72. The van der Waals surface area contributed by atoms with Crippen LogP contribution < -0.4 is 10.9 Å². The van der Waals surface area contributed by atoms with Crippen molar-refractivity contribution in [1.82, 2.24) is 19.5 Å². The number of fused-ring (bicyclic) bond motifs is 1. The summed E-state index contributed by atoms with van der Waals surface area (Å²) in [6, 6.07) is 1.69. The number of aromatic hydroxyl groups is 1. The van der Waals surface area contributed by atoms with Gasteiger partial charge < -0.3 is 15.3 Å². The van der Waals surface area contributed by atoms with Gasteiger partial charge in [-0.3, -0.25) is 14.2 Å². The minimum absolute atomic E-state index is 0.0644. The molecule has 0 aliphatic heterocycles. The second-order valence-electron chi connectivity index (χ2n) is 7.89. The smallest absolute Gasteiger partial charge is 0.291 e. The second-order valence-corrected chi connectivity index (χ2v) is 7.89. The van der Waals surface area contributed by atoms with Gasteiger partial charge in [0.25, 0.3) is 11.5 Å². The number of nitrogens with one attached hydrogen (secondary N) is 1. The lowest BCUT2D eigenvalue weighted by Gasteiger charge is -2.23. The summed E-state index contributed by atoms with van der Waals surface area (Å²) in [5.41, 5.74) is -0.395. The Morgan fingerprint density at radius 1 is 1.48 bits per heavy atom. The third kappa shape index (κ3) is 4.12. The van der Waals surface area contributed by atoms with Crippen molar-refractivity contribution >= 4 is 17.8 Å². The Morgan fingerprint density at radius 3 is 2.78 bits per heavy atom. The zero-order valence-corrected chi connectivity index (χ0v) is 16.0. The van der Waals surface area contributed by atoms with Crippen LogP contribution >= 0.6 is 0 Å². The number of carbonyl (C=O) groups is 1. The van der Waals surface area contributed by atoms with Gasteiger partial charge in [-0.2, -0.15) is 9.61 Å². The standard InChI is InChI=1S/C18H25N5O4/c1-5-27-19-9-12-8-13-22(10-18(2,3)4)16(25)14(17(26)23(13)21-12)15(24)20-11-6-7-11/h8-9,11,25H,5-7,10H2,1-4H3,(H,20,24)/b19-9+. The van der Waals surface area contributed by atoms with E-state index in [4.69, 9.17) is 4.84 Å². The summed E-state index contributed by atoms with van der Waals surface area (Å²) >= 11 is 0. The van der Waals surface area contributed by atoms with Crippen molar-refractivity contribution in [2.45, 2.75) is 53.1 Å². The van der Waals surface area contributed by atoms with Gasteiger partial charge in [-0.15, -0.1) is 0 Å². The number of oxime groups is 1. The molecule has 1 aliphatic carbocycles. The maximum Gasteiger partial charge on any atom is 0.291 e. The number of aromatic nitrogens is 3. The summed E-state index contributed by atoms with van der Waals surface area (Å²) < 4.78 is 2.66. The highest BCUT2D eigenvalue weighted by Crippen LogP contribution is 2.26. The SMILES string of the molecule is CCO/N=C/c1cc2n(CC(C)(C)C)c(O)c(C(=O)NC3CC3)c(=O)n2n1. The first-order valence-corrected chi connectivity index (χ1v) is 9.03. The van der Waals surface area contributed by atoms with Gasteiger partial charge in [-0.05, 0) is 25.2 Å². The first kappa shape index (κ1) is 18.9. The molecule has 2 heterocycles. The van der Waals surface area contributed by atoms with Crippen LogP contribution in [0.4, 0.5) is 0 Å². The van der Waals surface area contributed by atoms with E-state index in [1.54, 1.807) is 13.0 Å². The van der Waals surface area contributed by atoms with Gasteiger partial charge in [-0.25, -0.2) is 0 Å². The van der Waals surface area contributed by atoms with Crippen molar-refractivity contribution in [2.75, 3.05) is 6.61 Å². The van der Waals surface area contributed by atoms with Crippen LogP contribution in [0.25, 0.3) is 5.65 Å². The van der Waals surface area contributed by atoms with Gasteiger partial charge in [0.2, 0.25) is 5.88 Å². The molecule has 27 heavy (non-hydrogen) atoms. The van der Waals surface area contributed by atoms with Gasteiger partial charge in [0.15, 0.2) is 5.56 Å². The van der Waals surface area contributed by atoms with Crippen LogP contribution in [-0.2, 0) is 11.4 Å². The largest absolute Gasteiger partial charge is 0.494 e. The van der Waals surface area contributed by atoms with Gasteiger partial charge >= 0.3 is 0 Å². The molecule has 0 radical (unpaired) electrons. The van der Waals surface area contributed by atoms with Crippen molar-refractivity contribution in [1.29, 1.82) is 0 Å². The quantitative estimate of drug-likeness (QED) is 0.587. The minimum atomic E-state index is -0.665. The van der Waals surface area contributed by atoms with Crippen LogP contribution in [0.1, 0.15) is 56.6 Å². The number of hydrogen-bond acceptors (Lipinski definition) is 6. The van der Waals surface area contributed by atoms with Crippen molar-refractivity contribution in [3.63, 3.8) is 0 Å². The molecule has 0 unspecified atom stereocenters. The monoisotopic (exact) mass is 375 g/mol. The summed E-state index contributed by atoms with van der Waals surface area (Å²) in [6.07, 6.45) is 3.15. The predicted molar refractivity (Wildman–Crippen MR) is 100 cm³/mol. The maximum absolute atomic E-state index is 12.8. The van der Waals surface area contributed by atoms with Crippen LogP contribution in [-0.4, -0.2) is 44.1 Å². The summed E-state index contributed by atoms with van der Waals surface area (Å²) in [7, 11) is 0. The van der Waals surface area contributed by atoms with Crippen LogP contribution in [0.15, 0.2) is 16.0 Å². The normalized spacial score (nSPS) is 14.8. The lowest BCUT2D eigenvalue weighted by atomic mass is 9.96. The molecular weight excluding hydrogens is 350 g/mol. The average molecular weight is 375 g/mol. The molecule has 1 aliphatic rings. The van der Waals surface area contributed by atoms with E-state index in [9.17, 15) is 14.7 Å². The van der Waals surface area contributed by atoms with Crippen molar-refractivity contribution in [2.24, 2.45) is 10.6 Å². The predicted octanol–water partition coefficient (Wildman–Crippen LogP) is 1.51. The summed E-state index contributed by atoms with van der Waals surface area (Å²) in [4.78, 5) is 30.3. The van der Waals surface area contributed by atoms with Crippen molar-refractivity contribution in [3.05, 3.63) is 27.7 Å². The Kier molecular flexibility index (Phi) is 4.95. The Morgan fingerprint density at radius 2 is 2.19 bits per heavy atom. The second kappa shape index (κ2) is 7.05. The van der Waals surface area contributed by atoms with Crippen molar-refractivity contribution < 1.29 is 14.7 Å². The molecule has 146 valence electrons. The molecule has 2 N–H and O–H groups in total. The van der Waals surface area contributed by atoms with E-state index >= 15 is 0 Å².